The molecule has 0 atom stereocenters. The SMILES string of the molecule is CCN(Cc1ccnc(C(N)=S)c1)c1ccc(C)cc1. The minimum Gasteiger partial charge on any atom is -0.388 e. The van der Waals surface area contributed by atoms with Gasteiger partial charge in [0.25, 0.3) is 0 Å². The first-order chi connectivity index (χ1) is 9.60. The lowest BCUT2D eigenvalue weighted by Gasteiger charge is -2.23. The van der Waals surface area contributed by atoms with Crippen molar-refractivity contribution in [3.63, 3.8) is 0 Å². The molecule has 0 amide bonds. The average Bonchev–Trinajstić information content (AvgIpc) is 2.46. The smallest absolute Gasteiger partial charge is 0.122 e. The number of benzene rings is 1. The molecular weight excluding hydrogens is 266 g/mol. The van der Waals surface area contributed by atoms with Crippen LogP contribution in [0.4, 0.5) is 5.69 Å². The van der Waals surface area contributed by atoms with Crippen molar-refractivity contribution in [2.45, 2.75) is 20.4 Å². The van der Waals surface area contributed by atoms with E-state index in [1.165, 1.54) is 11.3 Å². The van der Waals surface area contributed by atoms with Gasteiger partial charge in [0.05, 0.1) is 5.69 Å². The number of anilines is 1. The second kappa shape index (κ2) is 6.48. The molecular formula is C16H19N3S. The van der Waals surface area contributed by atoms with Gasteiger partial charge in [0.2, 0.25) is 0 Å². The molecule has 2 N–H and O–H groups in total. The fourth-order valence-electron chi connectivity index (χ4n) is 2.07. The Morgan fingerprint density at radius 1 is 1.25 bits per heavy atom. The predicted molar refractivity (Wildman–Crippen MR) is 88.0 cm³/mol. The molecule has 0 spiro atoms. The fraction of sp³-hybridized carbons (Fsp3) is 0.250. The summed E-state index contributed by atoms with van der Waals surface area (Å²) in [5.41, 5.74) is 9.95. The molecule has 0 radical (unpaired) electrons. The second-order valence-corrected chi connectivity index (χ2v) is 5.20. The summed E-state index contributed by atoms with van der Waals surface area (Å²) >= 11 is 4.97. The van der Waals surface area contributed by atoms with Crippen molar-refractivity contribution in [1.29, 1.82) is 0 Å². The van der Waals surface area contributed by atoms with E-state index in [9.17, 15) is 0 Å². The Morgan fingerprint density at radius 3 is 2.55 bits per heavy atom. The van der Waals surface area contributed by atoms with Crippen LogP contribution in [-0.4, -0.2) is 16.5 Å². The van der Waals surface area contributed by atoms with Crippen molar-refractivity contribution in [2.75, 3.05) is 11.4 Å². The van der Waals surface area contributed by atoms with E-state index in [1.807, 2.05) is 12.1 Å². The van der Waals surface area contributed by atoms with Crippen LogP contribution in [0.3, 0.4) is 0 Å². The van der Waals surface area contributed by atoms with Crippen molar-refractivity contribution in [3.05, 3.63) is 59.4 Å². The Morgan fingerprint density at radius 2 is 1.95 bits per heavy atom. The maximum Gasteiger partial charge on any atom is 0.122 e. The Labute approximate surface area is 125 Å². The second-order valence-electron chi connectivity index (χ2n) is 4.76. The van der Waals surface area contributed by atoms with Crippen LogP contribution in [-0.2, 0) is 6.54 Å². The van der Waals surface area contributed by atoms with Crippen LogP contribution in [0.5, 0.6) is 0 Å². The number of thiocarbonyl (C=S) groups is 1. The quantitative estimate of drug-likeness (QED) is 0.857. The molecule has 0 saturated carbocycles. The third-order valence-corrected chi connectivity index (χ3v) is 3.44. The predicted octanol–water partition coefficient (Wildman–Crippen LogP) is 3.05. The fourth-order valence-corrected chi connectivity index (χ4v) is 2.18. The molecule has 0 aliphatic heterocycles. The van der Waals surface area contributed by atoms with Crippen molar-refractivity contribution in [3.8, 4) is 0 Å². The van der Waals surface area contributed by atoms with Gasteiger partial charge in [0.15, 0.2) is 0 Å². The first-order valence-corrected chi connectivity index (χ1v) is 7.07. The molecule has 0 fully saturated rings. The van der Waals surface area contributed by atoms with Crippen molar-refractivity contribution < 1.29 is 0 Å². The molecule has 0 aliphatic rings. The van der Waals surface area contributed by atoms with Crippen LogP contribution in [0.2, 0.25) is 0 Å². The molecule has 3 nitrogen and oxygen atoms in total. The molecule has 104 valence electrons. The highest BCUT2D eigenvalue weighted by molar-refractivity contribution is 7.80. The van der Waals surface area contributed by atoms with Crippen LogP contribution in [0.25, 0.3) is 0 Å². The lowest BCUT2D eigenvalue weighted by molar-refractivity contribution is 0.830. The number of hydrogen-bond acceptors (Lipinski definition) is 3. The monoisotopic (exact) mass is 285 g/mol. The number of pyridine rings is 1. The van der Waals surface area contributed by atoms with Gasteiger partial charge in [-0.25, -0.2) is 0 Å². The van der Waals surface area contributed by atoms with E-state index in [2.05, 4.69) is 48.0 Å². The van der Waals surface area contributed by atoms with Gasteiger partial charge < -0.3 is 10.6 Å². The van der Waals surface area contributed by atoms with Gasteiger partial charge in [0.1, 0.15) is 4.99 Å². The highest BCUT2D eigenvalue weighted by Crippen LogP contribution is 2.18. The molecule has 1 aromatic heterocycles. The molecule has 2 aromatic rings. The lowest BCUT2D eigenvalue weighted by atomic mass is 10.1. The zero-order valence-electron chi connectivity index (χ0n) is 11.8. The van der Waals surface area contributed by atoms with Gasteiger partial charge in [0, 0.05) is 25.0 Å². The van der Waals surface area contributed by atoms with Gasteiger partial charge >= 0.3 is 0 Å². The summed E-state index contributed by atoms with van der Waals surface area (Å²) in [4.78, 5) is 6.81. The van der Waals surface area contributed by atoms with Crippen molar-refractivity contribution in [1.82, 2.24) is 4.98 Å². The molecule has 1 aromatic carbocycles. The number of aryl methyl sites for hydroxylation is 1. The molecule has 20 heavy (non-hydrogen) atoms. The van der Waals surface area contributed by atoms with E-state index in [0.717, 1.165) is 18.7 Å². The standard InChI is InChI=1S/C16H19N3S/c1-3-19(14-6-4-12(2)5-7-14)11-13-8-9-18-15(10-13)16(17)20/h4-10H,3,11H2,1-2H3,(H2,17,20). The Hall–Kier alpha value is -1.94. The minimum absolute atomic E-state index is 0.338. The Kier molecular flexibility index (Phi) is 4.69. The Balaban J connectivity index is 2.19. The zero-order valence-corrected chi connectivity index (χ0v) is 12.7. The Bertz CT molecular complexity index is 593. The molecule has 0 saturated heterocycles. The summed E-state index contributed by atoms with van der Waals surface area (Å²) < 4.78 is 0. The van der Waals surface area contributed by atoms with E-state index in [4.69, 9.17) is 18.0 Å². The molecule has 1 heterocycles. The van der Waals surface area contributed by atoms with E-state index in [0.29, 0.717) is 10.7 Å². The molecule has 0 unspecified atom stereocenters. The summed E-state index contributed by atoms with van der Waals surface area (Å²) in [7, 11) is 0. The van der Waals surface area contributed by atoms with Gasteiger partial charge in [-0.05, 0) is 43.7 Å². The van der Waals surface area contributed by atoms with Crippen LogP contribution >= 0.6 is 12.2 Å². The van der Waals surface area contributed by atoms with E-state index in [-0.39, 0.29) is 0 Å². The van der Waals surface area contributed by atoms with Gasteiger partial charge in [-0.2, -0.15) is 0 Å². The number of rotatable bonds is 5. The molecule has 0 aliphatic carbocycles. The van der Waals surface area contributed by atoms with Crippen LogP contribution in [0, 0.1) is 6.92 Å². The third kappa shape index (κ3) is 3.54. The van der Waals surface area contributed by atoms with Gasteiger partial charge in [-0.3, -0.25) is 4.98 Å². The number of nitrogens with two attached hydrogens (primary N) is 1. The maximum atomic E-state index is 5.63. The number of nitrogens with zero attached hydrogens (tertiary/aromatic N) is 2. The summed E-state index contributed by atoms with van der Waals surface area (Å²) in [6, 6.07) is 12.5. The van der Waals surface area contributed by atoms with Gasteiger partial charge in [-0.1, -0.05) is 29.9 Å². The third-order valence-electron chi connectivity index (χ3n) is 3.23. The zero-order chi connectivity index (χ0) is 14.5. The molecule has 2 rings (SSSR count). The van der Waals surface area contributed by atoms with Gasteiger partial charge in [-0.15, -0.1) is 0 Å². The normalized spacial score (nSPS) is 10.3. The first kappa shape index (κ1) is 14.5. The van der Waals surface area contributed by atoms with Crippen molar-refractivity contribution >= 4 is 22.9 Å². The molecule has 0 bridgehead atoms. The van der Waals surface area contributed by atoms with Crippen LogP contribution in [0.1, 0.15) is 23.7 Å². The lowest BCUT2D eigenvalue weighted by Crippen LogP contribution is -2.22. The summed E-state index contributed by atoms with van der Waals surface area (Å²) in [5.74, 6) is 0. The number of aromatic nitrogens is 1. The first-order valence-electron chi connectivity index (χ1n) is 6.66. The summed E-state index contributed by atoms with van der Waals surface area (Å²) in [5, 5.41) is 0. The summed E-state index contributed by atoms with van der Waals surface area (Å²) in [6.07, 6.45) is 1.76. The maximum absolute atomic E-state index is 5.63. The highest BCUT2D eigenvalue weighted by Gasteiger charge is 2.07. The minimum atomic E-state index is 0.338. The summed E-state index contributed by atoms with van der Waals surface area (Å²) in [6.45, 7) is 6.00. The van der Waals surface area contributed by atoms with Crippen LogP contribution < -0.4 is 10.6 Å². The topological polar surface area (TPSA) is 42.2 Å². The highest BCUT2D eigenvalue weighted by atomic mass is 32.1. The number of hydrogen-bond donors (Lipinski definition) is 1. The average molecular weight is 285 g/mol. The van der Waals surface area contributed by atoms with E-state index < -0.39 is 0 Å². The van der Waals surface area contributed by atoms with E-state index >= 15 is 0 Å². The van der Waals surface area contributed by atoms with Crippen molar-refractivity contribution in [2.24, 2.45) is 5.73 Å². The van der Waals surface area contributed by atoms with E-state index in [1.54, 1.807) is 6.20 Å². The molecule has 4 heteroatoms. The van der Waals surface area contributed by atoms with Crippen LogP contribution in [0.15, 0.2) is 42.6 Å². The largest absolute Gasteiger partial charge is 0.388 e.